The number of hydrogen-bond acceptors (Lipinski definition) is 1. The quantitative estimate of drug-likeness (QED) is 0.653. The maximum absolute atomic E-state index is 12.0. The van der Waals surface area contributed by atoms with E-state index in [9.17, 15) is 12.9 Å². The molecular formula is C7H4BBr3F3O-. The highest BCUT2D eigenvalue weighted by atomic mass is 79.9. The second-order valence-corrected chi connectivity index (χ2v) is 5.34. The molecule has 0 unspecified atom stereocenters. The van der Waals surface area contributed by atoms with Crippen LogP contribution in [0.4, 0.5) is 12.9 Å². The molecular weight excluding hydrogens is 408 g/mol. The smallest absolute Gasteiger partial charge is 0.515 e. The summed E-state index contributed by atoms with van der Waals surface area (Å²) in [5.41, 5.74) is 0. The lowest BCUT2D eigenvalue weighted by Gasteiger charge is -2.17. The fraction of sp³-hybridized carbons (Fsp3) is 0.143. The van der Waals surface area contributed by atoms with E-state index in [1.807, 2.05) is 0 Å². The van der Waals surface area contributed by atoms with E-state index in [1.165, 1.54) is 0 Å². The summed E-state index contributed by atoms with van der Waals surface area (Å²) in [6.07, 6.45) is 0. The molecule has 0 amide bonds. The molecule has 0 aliphatic heterocycles. The number of rotatable bonds is 3. The summed E-state index contributed by atoms with van der Waals surface area (Å²) in [5.74, 6) is 0.150. The molecule has 0 saturated carbocycles. The molecule has 0 aliphatic rings. The van der Waals surface area contributed by atoms with Crippen LogP contribution >= 0.6 is 47.8 Å². The van der Waals surface area contributed by atoms with Gasteiger partial charge in [0.15, 0.2) is 0 Å². The van der Waals surface area contributed by atoms with Crippen molar-refractivity contribution in [1.29, 1.82) is 0 Å². The van der Waals surface area contributed by atoms with Crippen molar-refractivity contribution >= 4 is 54.8 Å². The standard InChI is InChI=1S/C7H4BBr3F3O/c9-4-1-5(10)7(6(11)2-4)15-3-8(12,13)14/h1-2H,3H2/q-1. The molecule has 84 valence electrons. The van der Waals surface area contributed by atoms with Crippen molar-refractivity contribution in [3.63, 3.8) is 0 Å². The van der Waals surface area contributed by atoms with Crippen molar-refractivity contribution in [2.24, 2.45) is 0 Å². The molecule has 15 heavy (non-hydrogen) atoms. The fourth-order valence-electron chi connectivity index (χ4n) is 0.845. The van der Waals surface area contributed by atoms with Crippen LogP contribution in [-0.2, 0) is 0 Å². The molecule has 0 aromatic heterocycles. The topological polar surface area (TPSA) is 9.23 Å². The highest BCUT2D eigenvalue weighted by Gasteiger charge is 2.25. The zero-order valence-corrected chi connectivity index (χ0v) is 11.9. The maximum atomic E-state index is 12.0. The number of benzene rings is 1. The van der Waals surface area contributed by atoms with Gasteiger partial charge in [0.05, 0.1) is 15.5 Å². The van der Waals surface area contributed by atoms with E-state index in [0.717, 1.165) is 4.47 Å². The Hall–Kier alpha value is 0.315. The lowest BCUT2D eigenvalue weighted by Crippen LogP contribution is -2.26. The molecule has 0 aliphatic carbocycles. The van der Waals surface area contributed by atoms with Crippen LogP contribution in [-0.4, -0.2) is 13.5 Å². The average molecular weight is 412 g/mol. The first-order valence-corrected chi connectivity index (χ1v) is 6.16. The lowest BCUT2D eigenvalue weighted by molar-refractivity contribution is 0.310. The summed E-state index contributed by atoms with van der Waals surface area (Å²) in [4.78, 5) is 0. The van der Waals surface area contributed by atoms with Gasteiger partial charge in [0.25, 0.3) is 0 Å². The van der Waals surface area contributed by atoms with Gasteiger partial charge in [0, 0.05) is 4.47 Å². The van der Waals surface area contributed by atoms with E-state index < -0.39 is 13.5 Å². The van der Waals surface area contributed by atoms with Crippen molar-refractivity contribution in [2.45, 2.75) is 0 Å². The monoisotopic (exact) mass is 409 g/mol. The van der Waals surface area contributed by atoms with Crippen LogP contribution in [0.15, 0.2) is 25.6 Å². The molecule has 0 atom stereocenters. The van der Waals surface area contributed by atoms with Crippen molar-refractivity contribution < 1.29 is 17.7 Å². The van der Waals surface area contributed by atoms with Gasteiger partial charge in [0.2, 0.25) is 0 Å². The van der Waals surface area contributed by atoms with E-state index in [1.54, 1.807) is 12.1 Å². The maximum Gasteiger partial charge on any atom is 0.515 e. The fourth-order valence-corrected chi connectivity index (χ4v) is 3.33. The van der Waals surface area contributed by atoms with Crippen molar-refractivity contribution in [3.8, 4) is 5.75 Å². The summed E-state index contributed by atoms with van der Waals surface area (Å²) in [7, 11) is 0. The Bertz CT molecular complexity index is 346. The molecule has 8 heteroatoms. The third-order valence-corrected chi connectivity index (χ3v) is 3.02. The summed E-state index contributed by atoms with van der Waals surface area (Å²) in [6.45, 7) is -6.19. The average Bonchev–Trinajstić information content (AvgIpc) is 1.99. The van der Waals surface area contributed by atoms with E-state index in [2.05, 4.69) is 52.5 Å². The Balaban J connectivity index is 2.86. The molecule has 0 radical (unpaired) electrons. The number of ether oxygens (including phenoxy) is 1. The minimum atomic E-state index is -4.94. The van der Waals surface area contributed by atoms with E-state index in [0.29, 0.717) is 8.95 Å². The summed E-state index contributed by atoms with van der Waals surface area (Å²) >= 11 is 9.44. The molecule has 0 N–H and O–H groups in total. The first kappa shape index (κ1) is 13.4. The molecule has 0 heterocycles. The van der Waals surface area contributed by atoms with Gasteiger partial charge in [-0.05, 0) is 44.0 Å². The predicted molar refractivity (Wildman–Crippen MR) is 64.1 cm³/mol. The minimum absolute atomic E-state index is 0.150. The Morgan fingerprint density at radius 1 is 1.07 bits per heavy atom. The van der Waals surface area contributed by atoms with Crippen LogP contribution in [0, 0.1) is 0 Å². The third kappa shape index (κ3) is 4.36. The van der Waals surface area contributed by atoms with Gasteiger partial charge in [-0.2, -0.15) is 0 Å². The van der Waals surface area contributed by atoms with E-state index >= 15 is 0 Å². The molecule has 1 aromatic carbocycles. The Kier molecular flexibility index (Phi) is 4.55. The zero-order chi connectivity index (χ0) is 11.6. The van der Waals surface area contributed by atoms with Gasteiger partial charge < -0.3 is 17.7 Å². The second-order valence-electron chi connectivity index (χ2n) is 2.72. The van der Waals surface area contributed by atoms with E-state index in [4.69, 9.17) is 0 Å². The highest BCUT2D eigenvalue weighted by molar-refractivity contribution is 9.11. The molecule has 1 aromatic rings. The third-order valence-electron chi connectivity index (χ3n) is 1.38. The van der Waals surface area contributed by atoms with Gasteiger partial charge in [-0.15, -0.1) is 0 Å². The molecule has 0 saturated heterocycles. The largest absolute Gasteiger partial charge is 0.520 e. The second kappa shape index (κ2) is 5.10. The summed E-state index contributed by atoms with van der Waals surface area (Å²) < 4.78 is 42.3. The van der Waals surface area contributed by atoms with Gasteiger partial charge in [-0.3, -0.25) is 0 Å². The normalized spacial score (nSPS) is 11.6. The van der Waals surface area contributed by atoms with Crippen LogP contribution in [0.3, 0.4) is 0 Å². The van der Waals surface area contributed by atoms with Crippen LogP contribution < -0.4 is 4.74 Å². The van der Waals surface area contributed by atoms with Gasteiger partial charge in [-0.1, -0.05) is 15.9 Å². The zero-order valence-electron chi connectivity index (χ0n) is 7.12. The van der Waals surface area contributed by atoms with Gasteiger partial charge in [0.1, 0.15) is 5.75 Å². The van der Waals surface area contributed by atoms with Crippen LogP contribution in [0.25, 0.3) is 0 Å². The molecule has 0 spiro atoms. The molecule has 1 rings (SSSR count). The van der Waals surface area contributed by atoms with Crippen LogP contribution in [0.5, 0.6) is 5.75 Å². The summed E-state index contributed by atoms with van der Waals surface area (Å²) in [6, 6.07) is 3.23. The SMILES string of the molecule is F[B-](F)(F)COc1c(Br)cc(Br)cc1Br. The Labute approximate surface area is 110 Å². The van der Waals surface area contributed by atoms with E-state index in [-0.39, 0.29) is 5.75 Å². The molecule has 0 bridgehead atoms. The predicted octanol–water partition coefficient (Wildman–Crippen LogP) is 4.74. The van der Waals surface area contributed by atoms with Gasteiger partial charge >= 0.3 is 6.98 Å². The Morgan fingerprint density at radius 3 is 1.93 bits per heavy atom. The van der Waals surface area contributed by atoms with Crippen molar-refractivity contribution in [2.75, 3.05) is 6.51 Å². The van der Waals surface area contributed by atoms with Crippen molar-refractivity contribution in [3.05, 3.63) is 25.6 Å². The minimum Gasteiger partial charge on any atom is -0.520 e. The first-order chi connectivity index (χ1) is 6.79. The lowest BCUT2D eigenvalue weighted by atomic mass is 9.95. The summed E-state index contributed by atoms with van der Waals surface area (Å²) in [5, 5.41) is 0. The van der Waals surface area contributed by atoms with Crippen LogP contribution in [0.2, 0.25) is 0 Å². The molecule has 1 nitrogen and oxygen atoms in total. The molecule has 0 fully saturated rings. The highest BCUT2D eigenvalue weighted by Crippen LogP contribution is 2.36. The first-order valence-electron chi connectivity index (χ1n) is 3.78. The number of halogens is 6. The van der Waals surface area contributed by atoms with Crippen molar-refractivity contribution in [1.82, 2.24) is 0 Å². The Morgan fingerprint density at radius 2 is 1.53 bits per heavy atom. The number of hydrogen-bond donors (Lipinski definition) is 0. The van der Waals surface area contributed by atoms with Crippen LogP contribution in [0.1, 0.15) is 0 Å². The van der Waals surface area contributed by atoms with Gasteiger partial charge in [-0.25, -0.2) is 0 Å².